The highest BCUT2D eigenvalue weighted by Crippen LogP contribution is 2.41. The van der Waals surface area contributed by atoms with Crippen LogP contribution in [0.4, 0.5) is 5.69 Å². The Kier molecular flexibility index (Phi) is 4.00. The van der Waals surface area contributed by atoms with Crippen LogP contribution in [-0.4, -0.2) is 8.75 Å². The molecule has 0 fully saturated rings. The maximum atomic E-state index is 6.67. The molecular formula is C22H21N3S. The highest BCUT2D eigenvalue weighted by molar-refractivity contribution is 7.00. The summed E-state index contributed by atoms with van der Waals surface area (Å²) in [6.07, 6.45) is 0. The van der Waals surface area contributed by atoms with Gasteiger partial charge in [-0.05, 0) is 34.7 Å². The van der Waals surface area contributed by atoms with Crippen molar-refractivity contribution >= 4 is 28.4 Å². The average molecular weight is 359 g/mol. The molecule has 2 N–H and O–H groups in total. The van der Waals surface area contributed by atoms with Crippen molar-refractivity contribution in [2.75, 3.05) is 5.73 Å². The van der Waals surface area contributed by atoms with Gasteiger partial charge in [-0.1, -0.05) is 63.2 Å². The van der Waals surface area contributed by atoms with Crippen molar-refractivity contribution in [2.45, 2.75) is 26.2 Å². The minimum atomic E-state index is 0.0141. The van der Waals surface area contributed by atoms with E-state index in [0.717, 1.165) is 39.0 Å². The number of hydrogen-bond donors (Lipinski definition) is 1. The molecule has 0 saturated heterocycles. The van der Waals surface area contributed by atoms with E-state index in [1.807, 2.05) is 30.3 Å². The normalized spacial score (nSPS) is 11.8. The number of fused-ring (bicyclic) bond motifs is 1. The Labute approximate surface area is 157 Å². The Balaban J connectivity index is 2.05. The molecule has 0 amide bonds. The summed E-state index contributed by atoms with van der Waals surface area (Å²) in [5.74, 6) is 0. The van der Waals surface area contributed by atoms with Crippen LogP contribution in [0.5, 0.6) is 0 Å². The molecule has 0 unspecified atom stereocenters. The summed E-state index contributed by atoms with van der Waals surface area (Å²) in [6, 6.07) is 20.8. The molecule has 4 heteroatoms. The van der Waals surface area contributed by atoms with Gasteiger partial charge in [0, 0.05) is 22.4 Å². The molecule has 0 aliphatic heterocycles. The number of aromatic nitrogens is 2. The molecule has 0 saturated carbocycles. The number of nitrogens with zero attached hydrogens (tertiary/aromatic N) is 2. The number of anilines is 1. The van der Waals surface area contributed by atoms with Gasteiger partial charge in [0.1, 0.15) is 11.0 Å². The van der Waals surface area contributed by atoms with Crippen molar-refractivity contribution in [1.82, 2.24) is 8.75 Å². The lowest BCUT2D eigenvalue weighted by Gasteiger charge is -2.23. The summed E-state index contributed by atoms with van der Waals surface area (Å²) in [4.78, 5) is 0. The van der Waals surface area contributed by atoms with Gasteiger partial charge in [-0.2, -0.15) is 8.75 Å². The minimum absolute atomic E-state index is 0.0141. The minimum Gasteiger partial charge on any atom is -0.398 e. The van der Waals surface area contributed by atoms with E-state index < -0.39 is 0 Å². The van der Waals surface area contributed by atoms with E-state index in [0.29, 0.717) is 0 Å². The first-order chi connectivity index (χ1) is 12.4. The van der Waals surface area contributed by atoms with E-state index in [2.05, 4.69) is 59.9 Å². The number of benzene rings is 3. The van der Waals surface area contributed by atoms with Crippen molar-refractivity contribution < 1.29 is 0 Å². The predicted octanol–water partition coefficient (Wildman–Crippen LogP) is 5.91. The summed E-state index contributed by atoms with van der Waals surface area (Å²) in [5.41, 5.74) is 14.8. The summed E-state index contributed by atoms with van der Waals surface area (Å²) >= 11 is 1.24. The highest BCUT2D eigenvalue weighted by Gasteiger charge is 2.20. The van der Waals surface area contributed by atoms with E-state index in [-0.39, 0.29) is 5.41 Å². The number of nitrogens with two attached hydrogens (primary N) is 1. The van der Waals surface area contributed by atoms with Crippen LogP contribution in [0, 0.1) is 0 Å². The first kappa shape index (κ1) is 16.7. The van der Waals surface area contributed by atoms with Gasteiger partial charge < -0.3 is 5.73 Å². The molecule has 0 aliphatic rings. The van der Waals surface area contributed by atoms with Crippen molar-refractivity contribution in [1.29, 1.82) is 0 Å². The molecule has 0 spiro atoms. The maximum Gasteiger partial charge on any atom is 0.112 e. The molecule has 130 valence electrons. The standard InChI is InChI=1S/C22H21N3S/c1-22(2,3)15-12-17(14-8-5-4-6-9-14)20(23)18(13-15)16-10-7-11-19-21(16)25-26-24-19/h4-13H,23H2,1-3H3. The van der Waals surface area contributed by atoms with E-state index >= 15 is 0 Å². The Morgan fingerprint density at radius 2 is 1.54 bits per heavy atom. The van der Waals surface area contributed by atoms with E-state index in [4.69, 9.17) is 5.73 Å². The molecule has 3 nitrogen and oxygen atoms in total. The number of nitrogen functional groups attached to an aromatic ring is 1. The molecule has 3 aromatic carbocycles. The van der Waals surface area contributed by atoms with Crippen molar-refractivity contribution in [3.05, 3.63) is 66.2 Å². The van der Waals surface area contributed by atoms with Crippen LogP contribution < -0.4 is 5.73 Å². The van der Waals surface area contributed by atoms with Gasteiger partial charge in [-0.3, -0.25) is 0 Å². The van der Waals surface area contributed by atoms with E-state index in [1.54, 1.807) is 0 Å². The van der Waals surface area contributed by atoms with Crippen LogP contribution in [-0.2, 0) is 5.41 Å². The predicted molar refractivity (Wildman–Crippen MR) is 111 cm³/mol. The zero-order valence-corrected chi connectivity index (χ0v) is 16.0. The molecule has 1 aromatic heterocycles. The van der Waals surface area contributed by atoms with Crippen molar-refractivity contribution in [2.24, 2.45) is 0 Å². The third-order valence-electron chi connectivity index (χ3n) is 4.71. The fraction of sp³-hybridized carbons (Fsp3) is 0.182. The maximum absolute atomic E-state index is 6.67. The number of rotatable bonds is 2. The van der Waals surface area contributed by atoms with Crippen molar-refractivity contribution in [3.63, 3.8) is 0 Å². The quantitative estimate of drug-likeness (QED) is 0.453. The lowest BCUT2D eigenvalue weighted by Crippen LogP contribution is -2.12. The summed E-state index contributed by atoms with van der Waals surface area (Å²) in [7, 11) is 0. The largest absolute Gasteiger partial charge is 0.398 e. The van der Waals surface area contributed by atoms with Gasteiger partial charge in [0.05, 0.1) is 11.7 Å². The lowest BCUT2D eigenvalue weighted by molar-refractivity contribution is 0.591. The Hall–Kier alpha value is -2.72. The molecule has 0 atom stereocenters. The summed E-state index contributed by atoms with van der Waals surface area (Å²) < 4.78 is 8.88. The Morgan fingerprint density at radius 1 is 0.808 bits per heavy atom. The van der Waals surface area contributed by atoms with Crippen LogP contribution in [0.25, 0.3) is 33.3 Å². The van der Waals surface area contributed by atoms with Gasteiger partial charge in [0.15, 0.2) is 0 Å². The highest BCUT2D eigenvalue weighted by atomic mass is 32.1. The molecule has 0 radical (unpaired) electrons. The Bertz CT molecular complexity index is 1080. The third kappa shape index (κ3) is 2.86. The molecule has 26 heavy (non-hydrogen) atoms. The molecule has 1 heterocycles. The van der Waals surface area contributed by atoms with Gasteiger partial charge in [0.25, 0.3) is 0 Å². The van der Waals surface area contributed by atoms with Crippen molar-refractivity contribution in [3.8, 4) is 22.3 Å². The van der Waals surface area contributed by atoms with Gasteiger partial charge in [0.2, 0.25) is 0 Å². The van der Waals surface area contributed by atoms with Crippen LogP contribution in [0.1, 0.15) is 26.3 Å². The molecule has 4 rings (SSSR count). The van der Waals surface area contributed by atoms with Gasteiger partial charge in [-0.15, -0.1) is 0 Å². The van der Waals surface area contributed by atoms with Crippen LogP contribution in [0.15, 0.2) is 60.7 Å². The first-order valence-corrected chi connectivity index (χ1v) is 9.39. The smallest absolute Gasteiger partial charge is 0.112 e. The second-order valence-corrected chi connectivity index (χ2v) is 8.07. The third-order valence-corrected chi connectivity index (χ3v) is 5.25. The molecule has 0 bridgehead atoms. The van der Waals surface area contributed by atoms with Crippen LogP contribution >= 0.6 is 11.7 Å². The van der Waals surface area contributed by atoms with Crippen LogP contribution in [0.2, 0.25) is 0 Å². The first-order valence-electron chi connectivity index (χ1n) is 8.66. The molecule has 4 aromatic rings. The summed E-state index contributed by atoms with van der Waals surface area (Å²) in [5, 5.41) is 0. The average Bonchev–Trinajstić information content (AvgIpc) is 3.10. The zero-order valence-electron chi connectivity index (χ0n) is 15.2. The lowest BCUT2D eigenvalue weighted by atomic mass is 9.82. The van der Waals surface area contributed by atoms with E-state index in [1.165, 1.54) is 17.3 Å². The van der Waals surface area contributed by atoms with Gasteiger partial charge in [-0.25, -0.2) is 0 Å². The fourth-order valence-corrected chi connectivity index (χ4v) is 3.74. The molecule has 0 aliphatic carbocycles. The number of hydrogen-bond acceptors (Lipinski definition) is 4. The fourth-order valence-electron chi connectivity index (χ4n) is 3.19. The molecular weight excluding hydrogens is 338 g/mol. The Morgan fingerprint density at radius 3 is 2.27 bits per heavy atom. The second kappa shape index (κ2) is 6.22. The van der Waals surface area contributed by atoms with Crippen LogP contribution in [0.3, 0.4) is 0 Å². The van der Waals surface area contributed by atoms with E-state index in [9.17, 15) is 0 Å². The SMILES string of the molecule is CC(C)(C)c1cc(-c2ccccc2)c(N)c(-c2cccc3nsnc23)c1. The second-order valence-electron chi connectivity index (χ2n) is 7.54. The van der Waals surface area contributed by atoms with Gasteiger partial charge >= 0.3 is 0 Å². The topological polar surface area (TPSA) is 51.8 Å². The zero-order chi connectivity index (χ0) is 18.3. The monoisotopic (exact) mass is 359 g/mol. The summed E-state index contributed by atoms with van der Waals surface area (Å²) in [6.45, 7) is 6.67.